The van der Waals surface area contributed by atoms with Crippen molar-refractivity contribution in [1.29, 1.82) is 0 Å². The Labute approximate surface area is 124 Å². The molecule has 5 nitrogen and oxygen atoms in total. The van der Waals surface area contributed by atoms with Gasteiger partial charge in [-0.25, -0.2) is 13.3 Å². The second kappa shape index (κ2) is 4.88. The Kier molecular flexibility index (Phi) is 2.97. The van der Waals surface area contributed by atoms with Gasteiger partial charge in [0.15, 0.2) is 0 Å². The van der Waals surface area contributed by atoms with E-state index < -0.39 is 11.6 Å². The summed E-state index contributed by atoms with van der Waals surface area (Å²) >= 11 is 0. The lowest BCUT2D eigenvalue weighted by atomic mass is 9.94. The van der Waals surface area contributed by atoms with Crippen LogP contribution in [-0.4, -0.2) is 27.7 Å². The fourth-order valence-corrected chi connectivity index (χ4v) is 3.20. The van der Waals surface area contributed by atoms with Crippen LogP contribution in [0.4, 0.5) is 8.78 Å². The molecule has 0 radical (unpaired) electrons. The number of aromatic nitrogens is 3. The van der Waals surface area contributed by atoms with Crippen molar-refractivity contribution in [1.82, 2.24) is 19.9 Å². The van der Waals surface area contributed by atoms with Gasteiger partial charge in [-0.2, -0.15) is 5.10 Å². The number of nitrogens with one attached hydrogen (secondary N) is 2. The van der Waals surface area contributed by atoms with Gasteiger partial charge in [-0.1, -0.05) is 0 Å². The second-order valence-electron chi connectivity index (χ2n) is 5.62. The van der Waals surface area contributed by atoms with E-state index in [4.69, 9.17) is 0 Å². The van der Waals surface area contributed by atoms with Crippen molar-refractivity contribution in [2.24, 2.45) is 0 Å². The van der Waals surface area contributed by atoms with Gasteiger partial charge in [0.05, 0.1) is 11.1 Å². The number of nitrogens with zero attached hydrogens (tertiary/aromatic N) is 2. The quantitative estimate of drug-likeness (QED) is 0.722. The van der Waals surface area contributed by atoms with Gasteiger partial charge in [-0.05, 0) is 25.9 Å². The van der Waals surface area contributed by atoms with Crippen LogP contribution in [0, 0.1) is 11.6 Å². The molecular weight excluding hydrogens is 290 g/mol. The summed E-state index contributed by atoms with van der Waals surface area (Å²) in [5, 5.41) is 7.71. The number of rotatable bonds is 1. The van der Waals surface area contributed by atoms with Crippen LogP contribution in [0.15, 0.2) is 23.0 Å². The third-order valence-electron chi connectivity index (χ3n) is 4.21. The Morgan fingerprint density at radius 1 is 1.18 bits per heavy atom. The lowest BCUT2D eigenvalue weighted by Crippen LogP contribution is -2.28. The largest absolute Gasteiger partial charge is 0.317 e. The Morgan fingerprint density at radius 3 is 2.73 bits per heavy atom. The standard InChI is InChI=1S/C15H14F2N4O/c16-9-5-10(17)14-11(6-9)20-21-12(7-13(22)19-15(14)21)8-1-3-18-4-2-8/h5-8,18H,1-4H2,(H,19,22). The minimum atomic E-state index is -0.719. The molecule has 4 rings (SSSR count). The van der Waals surface area contributed by atoms with E-state index in [0.717, 1.165) is 37.7 Å². The van der Waals surface area contributed by atoms with Gasteiger partial charge in [0.25, 0.3) is 5.56 Å². The molecule has 0 bridgehead atoms. The minimum Gasteiger partial charge on any atom is -0.317 e. The SMILES string of the molecule is O=c1cc(C2CCNCC2)n2nc3cc(F)cc(F)c3c2[nH]1. The molecule has 22 heavy (non-hydrogen) atoms. The smallest absolute Gasteiger partial charge is 0.251 e. The van der Waals surface area contributed by atoms with E-state index in [-0.39, 0.29) is 28.0 Å². The summed E-state index contributed by atoms with van der Waals surface area (Å²) in [6.45, 7) is 1.73. The third-order valence-corrected chi connectivity index (χ3v) is 4.21. The molecule has 0 amide bonds. The first-order valence-corrected chi connectivity index (χ1v) is 7.25. The molecule has 1 saturated heterocycles. The number of H-pyrrole nitrogens is 1. The zero-order valence-corrected chi connectivity index (χ0v) is 11.7. The van der Waals surface area contributed by atoms with Crippen LogP contribution in [-0.2, 0) is 0 Å². The number of halogens is 2. The van der Waals surface area contributed by atoms with Crippen molar-refractivity contribution in [3.8, 4) is 0 Å². The van der Waals surface area contributed by atoms with Crippen molar-refractivity contribution >= 4 is 16.6 Å². The van der Waals surface area contributed by atoms with Crippen LogP contribution in [0.5, 0.6) is 0 Å². The summed E-state index contributed by atoms with van der Waals surface area (Å²) in [5.74, 6) is -1.23. The summed E-state index contributed by atoms with van der Waals surface area (Å²) in [7, 11) is 0. The molecule has 0 aliphatic carbocycles. The van der Waals surface area contributed by atoms with Crippen LogP contribution in [0.2, 0.25) is 0 Å². The molecule has 7 heteroatoms. The van der Waals surface area contributed by atoms with E-state index >= 15 is 0 Å². The van der Waals surface area contributed by atoms with Gasteiger partial charge in [-0.3, -0.25) is 4.79 Å². The van der Waals surface area contributed by atoms with Crippen molar-refractivity contribution in [3.63, 3.8) is 0 Å². The minimum absolute atomic E-state index is 0.147. The molecule has 1 aliphatic heterocycles. The van der Waals surface area contributed by atoms with E-state index in [0.29, 0.717) is 0 Å². The predicted molar refractivity (Wildman–Crippen MR) is 78.1 cm³/mol. The number of benzene rings is 1. The molecule has 114 valence electrons. The number of piperidine rings is 1. The Hall–Kier alpha value is -2.28. The maximum Gasteiger partial charge on any atom is 0.251 e. The molecule has 0 atom stereocenters. The van der Waals surface area contributed by atoms with Crippen molar-refractivity contribution < 1.29 is 8.78 Å². The number of hydrogen-bond donors (Lipinski definition) is 2. The summed E-state index contributed by atoms with van der Waals surface area (Å²) in [5.41, 5.74) is 0.936. The van der Waals surface area contributed by atoms with Gasteiger partial charge in [0, 0.05) is 24.1 Å². The highest BCUT2D eigenvalue weighted by Crippen LogP contribution is 2.28. The number of aromatic amines is 1. The summed E-state index contributed by atoms with van der Waals surface area (Å²) in [6, 6.07) is 3.48. The van der Waals surface area contributed by atoms with Crippen LogP contribution in [0.1, 0.15) is 24.5 Å². The fourth-order valence-electron chi connectivity index (χ4n) is 3.20. The molecule has 2 aromatic heterocycles. The molecular formula is C15H14F2N4O. The first-order chi connectivity index (χ1) is 10.6. The summed E-state index contributed by atoms with van der Waals surface area (Å²) < 4.78 is 29.0. The van der Waals surface area contributed by atoms with Gasteiger partial charge in [-0.15, -0.1) is 0 Å². The molecule has 3 aromatic rings. The lowest BCUT2D eigenvalue weighted by molar-refractivity contribution is 0.446. The average Bonchev–Trinajstić information content (AvgIpc) is 2.85. The van der Waals surface area contributed by atoms with Crippen LogP contribution < -0.4 is 10.9 Å². The monoisotopic (exact) mass is 304 g/mol. The first-order valence-electron chi connectivity index (χ1n) is 7.25. The Balaban J connectivity index is 2.05. The summed E-state index contributed by atoms with van der Waals surface area (Å²) in [6.07, 6.45) is 1.76. The van der Waals surface area contributed by atoms with Crippen LogP contribution in [0.25, 0.3) is 16.6 Å². The zero-order chi connectivity index (χ0) is 15.3. The van der Waals surface area contributed by atoms with E-state index in [1.54, 1.807) is 4.52 Å². The highest BCUT2D eigenvalue weighted by Gasteiger charge is 2.22. The maximum atomic E-state index is 14.1. The molecule has 0 spiro atoms. The normalized spacial score (nSPS) is 16.6. The first kappa shape index (κ1) is 13.4. The van der Waals surface area contributed by atoms with Gasteiger partial charge >= 0.3 is 0 Å². The van der Waals surface area contributed by atoms with E-state index in [9.17, 15) is 13.6 Å². The Bertz CT molecular complexity index is 925. The highest BCUT2D eigenvalue weighted by atomic mass is 19.1. The van der Waals surface area contributed by atoms with Crippen LogP contribution in [0.3, 0.4) is 0 Å². The van der Waals surface area contributed by atoms with Crippen molar-refractivity contribution in [3.05, 3.63) is 45.9 Å². The summed E-state index contributed by atoms with van der Waals surface area (Å²) in [4.78, 5) is 14.6. The maximum absolute atomic E-state index is 14.1. The molecule has 1 fully saturated rings. The molecule has 3 heterocycles. The predicted octanol–water partition coefficient (Wildman–Crippen LogP) is 1.92. The Morgan fingerprint density at radius 2 is 1.95 bits per heavy atom. The number of fused-ring (bicyclic) bond motifs is 3. The van der Waals surface area contributed by atoms with Gasteiger partial charge in [0.2, 0.25) is 0 Å². The van der Waals surface area contributed by atoms with Crippen molar-refractivity contribution in [2.75, 3.05) is 13.1 Å². The lowest BCUT2D eigenvalue weighted by Gasteiger charge is -2.23. The fraction of sp³-hybridized carbons (Fsp3) is 0.333. The topological polar surface area (TPSA) is 62.2 Å². The van der Waals surface area contributed by atoms with Crippen molar-refractivity contribution in [2.45, 2.75) is 18.8 Å². The van der Waals surface area contributed by atoms with E-state index in [1.807, 2.05) is 0 Å². The highest BCUT2D eigenvalue weighted by molar-refractivity contribution is 5.92. The molecule has 0 unspecified atom stereocenters. The second-order valence-corrected chi connectivity index (χ2v) is 5.62. The third kappa shape index (κ3) is 2.00. The zero-order valence-electron chi connectivity index (χ0n) is 11.7. The number of hydrogen-bond acceptors (Lipinski definition) is 3. The molecule has 1 aromatic carbocycles. The van der Waals surface area contributed by atoms with Gasteiger partial charge < -0.3 is 10.3 Å². The van der Waals surface area contributed by atoms with E-state index in [2.05, 4.69) is 15.4 Å². The van der Waals surface area contributed by atoms with Gasteiger partial charge in [0.1, 0.15) is 22.8 Å². The molecule has 0 saturated carbocycles. The average molecular weight is 304 g/mol. The van der Waals surface area contributed by atoms with Crippen LogP contribution >= 0.6 is 0 Å². The van der Waals surface area contributed by atoms with E-state index in [1.165, 1.54) is 12.1 Å². The molecule has 2 N–H and O–H groups in total. The molecule has 1 aliphatic rings.